The first-order chi connectivity index (χ1) is 12.7. The molecule has 2 N–H and O–H groups in total. The molecule has 5 rings (SSSR count). The molecule has 1 aromatic heterocycles. The second-order valence-corrected chi connectivity index (χ2v) is 7.49. The Bertz CT molecular complexity index is 890. The number of rotatable bonds is 3. The Hall–Kier alpha value is -2.09. The number of aliphatic hydroxyl groups excluding tert-OH is 1. The summed E-state index contributed by atoms with van der Waals surface area (Å²) in [5, 5.41) is 11.4. The molecule has 0 bridgehead atoms. The van der Waals surface area contributed by atoms with E-state index in [1.54, 1.807) is 0 Å². The summed E-state index contributed by atoms with van der Waals surface area (Å²) < 4.78 is 10.8. The molecule has 3 aliphatic rings. The van der Waals surface area contributed by atoms with Crippen LogP contribution in [-0.4, -0.2) is 65.0 Å². The van der Waals surface area contributed by atoms with Gasteiger partial charge in [-0.25, -0.2) is 0 Å². The second-order valence-electron chi connectivity index (χ2n) is 7.49. The number of H-pyrrole nitrogens is 1. The van der Waals surface area contributed by atoms with E-state index < -0.39 is 0 Å². The molecule has 26 heavy (non-hydrogen) atoms. The van der Waals surface area contributed by atoms with Gasteiger partial charge in [-0.1, -0.05) is 0 Å². The van der Waals surface area contributed by atoms with Crippen LogP contribution >= 0.6 is 0 Å². The molecule has 2 fully saturated rings. The maximum absolute atomic E-state index is 12.5. The van der Waals surface area contributed by atoms with Gasteiger partial charge in [-0.3, -0.25) is 14.6 Å². The van der Waals surface area contributed by atoms with E-state index >= 15 is 0 Å². The molecular formula is C19H23N3O4. The highest BCUT2D eigenvalue weighted by Crippen LogP contribution is 2.35. The van der Waals surface area contributed by atoms with Gasteiger partial charge in [-0.15, -0.1) is 0 Å². The third-order valence-corrected chi connectivity index (χ3v) is 5.75. The molecule has 0 radical (unpaired) electrons. The lowest BCUT2D eigenvalue weighted by atomic mass is 10.1. The van der Waals surface area contributed by atoms with Crippen molar-refractivity contribution < 1.29 is 14.6 Å². The molecule has 0 amide bonds. The Labute approximate surface area is 151 Å². The van der Waals surface area contributed by atoms with Crippen LogP contribution < -0.4 is 15.0 Å². The maximum atomic E-state index is 12.5. The summed E-state index contributed by atoms with van der Waals surface area (Å²) in [4.78, 5) is 20.0. The fourth-order valence-electron chi connectivity index (χ4n) is 4.41. The first-order valence-corrected chi connectivity index (χ1v) is 9.27. The van der Waals surface area contributed by atoms with Crippen LogP contribution in [0.4, 0.5) is 0 Å². The van der Waals surface area contributed by atoms with Crippen molar-refractivity contribution in [1.29, 1.82) is 0 Å². The van der Waals surface area contributed by atoms with E-state index in [2.05, 4.69) is 14.8 Å². The van der Waals surface area contributed by atoms with E-state index in [-0.39, 0.29) is 24.5 Å². The molecule has 2 saturated heterocycles. The summed E-state index contributed by atoms with van der Waals surface area (Å²) in [6.07, 6.45) is 2.08. The minimum atomic E-state index is -0.346. The van der Waals surface area contributed by atoms with E-state index in [1.165, 1.54) is 12.8 Å². The van der Waals surface area contributed by atoms with Gasteiger partial charge in [0.2, 0.25) is 6.79 Å². The number of benzene rings is 1. The van der Waals surface area contributed by atoms with Crippen molar-refractivity contribution in [3.8, 4) is 11.5 Å². The van der Waals surface area contributed by atoms with Gasteiger partial charge >= 0.3 is 0 Å². The van der Waals surface area contributed by atoms with Crippen molar-refractivity contribution in [1.82, 2.24) is 14.8 Å². The Kier molecular flexibility index (Phi) is 3.88. The Morgan fingerprint density at radius 1 is 1.12 bits per heavy atom. The highest BCUT2D eigenvalue weighted by molar-refractivity contribution is 5.83. The second kappa shape index (κ2) is 6.26. The van der Waals surface area contributed by atoms with Crippen LogP contribution in [0.1, 0.15) is 18.4 Å². The summed E-state index contributed by atoms with van der Waals surface area (Å²) in [6.45, 7) is 4.31. The van der Waals surface area contributed by atoms with Crippen molar-refractivity contribution in [3.63, 3.8) is 0 Å². The average molecular weight is 357 g/mol. The van der Waals surface area contributed by atoms with Gasteiger partial charge in [0.05, 0.1) is 11.6 Å². The molecule has 0 spiro atoms. The zero-order valence-electron chi connectivity index (χ0n) is 14.6. The maximum Gasteiger partial charge on any atom is 0.252 e. The quantitative estimate of drug-likeness (QED) is 0.850. The zero-order valence-corrected chi connectivity index (χ0v) is 14.6. The Morgan fingerprint density at radius 3 is 2.69 bits per heavy atom. The van der Waals surface area contributed by atoms with Crippen LogP contribution in [0.2, 0.25) is 0 Å². The third kappa shape index (κ3) is 2.76. The van der Waals surface area contributed by atoms with E-state index in [4.69, 9.17) is 9.47 Å². The highest BCUT2D eigenvalue weighted by atomic mass is 16.7. The lowest BCUT2D eigenvalue weighted by Crippen LogP contribution is -2.41. The van der Waals surface area contributed by atoms with E-state index in [0.29, 0.717) is 30.2 Å². The number of pyridine rings is 1. The molecule has 7 nitrogen and oxygen atoms in total. The van der Waals surface area contributed by atoms with Crippen LogP contribution in [-0.2, 0) is 6.54 Å². The topological polar surface area (TPSA) is 78.0 Å². The fourth-order valence-corrected chi connectivity index (χ4v) is 4.41. The zero-order chi connectivity index (χ0) is 17.7. The molecule has 3 aliphatic heterocycles. The molecule has 7 heteroatoms. The number of fused-ring (bicyclic) bond motifs is 2. The average Bonchev–Trinajstić information content (AvgIpc) is 3.34. The summed E-state index contributed by atoms with van der Waals surface area (Å²) in [5.74, 6) is 1.37. The van der Waals surface area contributed by atoms with Gasteiger partial charge < -0.3 is 19.6 Å². The monoisotopic (exact) mass is 357 g/mol. The van der Waals surface area contributed by atoms with Gasteiger partial charge in [0.1, 0.15) is 0 Å². The third-order valence-electron chi connectivity index (χ3n) is 5.75. The molecule has 2 atom stereocenters. The predicted octanol–water partition coefficient (Wildman–Crippen LogP) is 0.898. The summed E-state index contributed by atoms with van der Waals surface area (Å²) in [6, 6.07) is 5.83. The lowest BCUT2D eigenvalue weighted by molar-refractivity contribution is 0.0978. The van der Waals surface area contributed by atoms with E-state index in [9.17, 15) is 9.90 Å². The number of aromatic nitrogens is 1. The van der Waals surface area contributed by atoms with Crippen molar-refractivity contribution in [2.24, 2.45) is 0 Å². The number of aliphatic hydroxyl groups is 1. The first kappa shape index (κ1) is 16.1. The molecule has 1 aromatic carbocycles. The number of β-amino-alcohol motifs (C(OH)–C–C–N with tert-alkyl or cyclic N) is 1. The minimum absolute atomic E-state index is 0.0875. The number of aromatic amines is 1. The highest BCUT2D eigenvalue weighted by Gasteiger charge is 2.36. The summed E-state index contributed by atoms with van der Waals surface area (Å²) in [7, 11) is 0. The number of hydrogen-bond acceptors (Lipinski definition) is 6. The standard InChI is InChI=1S/C19H23N3O4/c23-16-10-21(9-15(16)22-3-1-2-4-22)8-13-5-12-6-17-18(26-11-25-17)7-14(12)20-19(13)24/h5-7,15-16,23H,1-4,8-11H2,(H,20,24)/t15-,16-/m1/s1. The van der Waals surface area contributed by atoms with Crippen LogP contribution in [0, 0.1) is 0 Å². The van der Waals surface area contributed by atoms with Gasteiger partial charge in [0, 0.05) is 42.7 Å². The summed E-state index contributed by atoms with van der Waals surface area (Å²) >= 11 is 0. The summed E-state index contributed by atoms with van der Waals surface area (Å²) in [5.41, 5.74) is 1.38. The normalized spacial score (nSPS) is 26.2. The SMILES string of the molecule is O=c1[nH]c2cc3c(cc2cc1CN1C[C@@H](O)[C@H](N2CCCC2)C1)OCO3. The Morgan fingerprint density at radius 2 is 1.88 bits per heavy atom. The van der Waals surface area contributed by atoms with Crippen molar-refractivity contribution in [3.05, 3.63) is 34.1 Å². The smallest absolute Gasteiger partial charge is 0.252 e. The fraction of sp³-hybridized carbons (Fsp3) is 0.526. The minimum Gasteiger partial charge on any atom is -0.454 e. The molecule has 2 aromatic rings. The van der Waals surface area contributed by atoms with E-state index in [0.717, 1.165) is 30.5 Å². The number of hydrogen-bond donors (Lipinski definition) is 2. The van der Waals surface area contributed by atoms with Crippen LogP contribution in [0.3, 0.4) is 0 Å². The van der Waals surface area contributed by atoms with Gasteiger partial charge in [0.25, 0.3) is 5.56 Å². The lowest BCUT2D eigenvalue weighted by Gasteiger charge is -2.25. The van der Waals surface area contributed by atoms with Gasteiger partial charge in [0.15, 0.2) is 11.5 Å². The Balaban J connectivity index is 1.38. The largest absolute Gasteiger partial charge is 0.454 e. The van der Waals surface area contributed by atoms with Crippen molar-refractivity contribution in [2.75, 3.05) is 33.0 Å². The molecule has 4 heterocycles. The first-order valence-electron chi connectivity index (χ1n) is 9.27. The van der Waals surface area contributed by atoms with Crippen molar-refractivity contribution in [2.45, 2.75) is 31.5 Å². The van der Waals surface area contributed by atoms with E-state index in [1.807, 2.05) is 18.2 Å². The predicted molar refractivity (Wildman–Crippen MR) is 96.6 cm³/mol. The molecule has 0 unspecified atom stereocenters. The van der Waals surface area contributed by atoms with Gasteiger partial charge in [-0.2, -0.15) is 0 Å². The van der Waals surface area contributed by atoms with Gasteiger partial charge in [-0.05, 0) is 38.1 Å². The number of ether oxygens (including phenoxy) is 2. The molecular weight excluding hydrogens is 334 g/mol. The number of likely N-dealkylation sites (tertiary alicyclic amines) is 2. The molecule has 0 aliphatic carbocycles. The van der Waals surface area contributed by atoms with Crippen LogP contribution in [0.15, 0.2) is 23.0 Å². The molecule has 138 valence electrons. The number of nitrogens with zero attached hydrogens (tertiary/aromatic N) is 2. The van der Waals surface area contributed by atoms with Crippen LogP contribution in [0.25, 0.3) is 10.9 Å². The number of nitrogens with one attached hydrogen (secondary N) is 1. The van der Waals surface area contributed by atoms with Crippen LogP contribution in [0.5, 0.6) is 11.5 Å². The molecule has 0 saturated carbocycles. The van der Waals surface area contributed by atoms with Crippen molar-refractivity contribution >= 4 is 10.9 Å².